The van der Waals surface area contributed by atoms with E-state index in [0.717, 1.165) is 36.3 Å². The largest absolute Gasteiger partial charge is 0.370 e. The monoisotopic (exact) mass is 476 g/mol. The number of aliphatic imine (C=N–C) groups is 1. The molecular weight excluding hydrogens is 451 g/mol. The SMILES string of the molecule is I.NC(=NCc1ccc(N2CCCC2=O)cc1)Nc1ccc2c(c1)CCC2. The molecule has 142 valence electrons. The summed E-state index contributed by atoms with van der Waals surface area (Å²) in [6, 6.07) is 14.4. The zero-order chi connectivity index (χ0) is 17.9. The first-order valence-electron chi connectivity index (χ1n) is 9.27. The van der Waals surface area contributed by atoms with Gasteiger partial charge in [0.2, 0.25) is 5.91 Å². The number of fused-ring (bicyclic) bond motifs is 1. The number of nitrogens with zero attached hydrogens (tertiary/aromatic N) is 2. The Kier molecular flexibility index (Phi) is 6.36. The van der Waals surface area contributed by atoms with Gasteiger partial charge in [-0.1, -0.05) is 18.2 Å². The van der Waals surface area contributed by atoms with E-state index in [0.29, 0.717) is 18.9 Å². The molecular formula is C21H25IN4O. The second kappa shape index (κ2) is 8.73. The van der Waals surface area contributed by atoms with Crippen molar-refractivity contribution in [3.05, 3.63) is 59.2 Å². The third kappa shape index (κ3) is 4.61. The highest BCUT2D eigenvalue weighted by Crippen LogP contribution is 2.25. The number of rotatable bonds is 4. The van der Waals surface area contributed by atoms with E-state index in [1.165, 1.54) is 24.0 Å². The number of halogens is 1. The quantitative estimate of drug-likeness (QED) is 0.400. The molecule has 1 amide bonds. The van der Waals surface area contributed by atoms with Crippen LogP contribution in [0.15, 0.2) is 47.5 Å². The van der Waals surface area contributed by atoms with E-state index in [2.05, 4.69) is 28.5 Å². The molecule has 0 radical (unpaired) electrons. The molecule has 5 nitrogen and oxygen atoms in total. The van der Waals surface area contributed by atoms with Gasteiger partial charge in [0.1, 0.15) is 0 Å². The van der Waals surface area contributed by atoms with Crippen molar-refractivity contribution in [1.82, 2.24) is 0 Å². The Balaban J connectivity index is 0.00000210. The standard InChI is InChI=1S/C21H24N4O.HI/c22-21(24-18-9-8-16-3-1-4-17(16)13-18)23-14-15-6-10-19(11-7-15)25-12-2-5-20(25)26;/h6-11,13H,1-5,12,14H2,(H3,22,23,24);1H. The van der Waals surface area contributed by atoms with Gasteiger partial charge in [0.25, 0.3) is 0 Å². The Hall–Kier alpha value is -2.09. The molecule has 0 saturated carbocycles. The molecule has 4 rings (SSSR count). The Bertz CT molecular complexity index is 848. The van der Waals surface area contributed by atoms with Gasteiger partial charge in [0.05, 0.1) is 6.54 Å². The molecule has 1 heterocycles. The summed E-state index contributed by atoms with van der Waals surface area (Å²) in [7, 11) is 0. The summed E-state index contributed by atoms with van der Waals surface area (Å²) in [6.45, 7) is 1.33. The number of nitrogens with two attached hydrogens (primary N) is 1. The molecule has 6 heteroatoms. The number of amides is 1. The number of guanidine groups is 1. The average Bonchev–Trinajstić information content (AvgIpc) is 3.29. The summed E-state index contributed by atoms with van der Waals surface area (Å²) in [5.41, 5.74) is 11.9. The van der Waals surface area contributed by atoms with Gasteiger partial charge in [0.15, 0.2) is 5.96 Å². The summed E-state index contributed by atoms with van der Waals surface area (Å²) in [6.07, 6.45) is 5.15. The molecule has 2 aromatic carbocycles. The molecule has 1 aliphatic heterocycles. The third-order valence-corrected chi connectivity index (χ3v) is 5.12. The molecule has 0 unspecified atom stereocenters. The maximum atomic E-state index is 11.8. The maximum Gasteiger partial charge on any atom is 0.227 e. The summed E-state index contributed by atoms with van der Waals surface area (Å²) >= 11 is 0. The van der Waals surface area contributed by atoms with Crippen molar-refractivity contribution in [2.45, 2.75) is 38.6 Å². The van der Waals surface area contributed by atoms with Crippen molar-refractivity contribution < 1.29 is 4.79 Å². The van der Waals surface area contributed by atoms with E-state index in [1.807, 2.05) is 29.2 Å². The Morgan fingerprint density at radius 1 is 1.04 bits per heavy atom. The highest BCUT2D eigenvalue weighted by molar-refractivity contribution is 14.0. The molecule has 3 N–H and O–H groups in total. The van der Waals surface area contributed by atoms with Crippen LogP contribution in [0.3, 0.4) is 0 Å². The zero-order valence-electron chi connectivity index (χ0n) is 15.3. The number of hydrogen-bond acceptors (Lipinski definition) is 2. The normalized spacial score (nSPS) is 16.2. The van der Waals surface area contributed by atoms with E-state index in [1.54, 1.807) is 0 Å². The molecule has 27 heavy (non-hydrogen) atoms. The summed E-state index contributed by atoms with van der Waals surface area (Å²) in [4.78, 5) is 18.1. The molecule has 1 saturated heterocycles. The Morgan fingerprint density at radius 3 is 2.56 bits per heavy atom. The van der Waals surface area contributed by atoms with E-state index in [9.17, 15) is 4.79 Å². The van der Waals surface area contributed by atoms with Crippen LogP contribution in [0.4, 0.5) is 11.4 Å². The lowest BCUT2D eigenvalue weighted by Gasteiger charge is -2.15. The number of aryl methyl sites for hydroxylation is 2. The number of carbonyl (C=O) groups excluding carboxylic acids is 1. The predicted molar refractivity (Wildman–Crippen MR) is 121 cm³/mol. The first-order valence-corrected chi connectivity index (χ1v) is 9.27. The van der Waals surface area contributed by atoms with Gasteiger partial charge >= 0.3 is 0 Å². The van der Waals surface area contributed by atoms with Gasteiger partial charge in [-0.25, -0.2) is 4.99 Å². The molecule has 0 bridgehead atoms. The van der Waals surface area contributed by atoms with Crippen LogP contribution < -0.4 is 16.0 Å². The van der Waals surface area contributed by atoms with Crippen molar-refractivity contribution >= 4 is 47.2 Å². The van der Waals surface area contributed by atoms with Gasteiger partial charge in [-0.2, -0.15) is 0 Å². The van der Waals surface area contributed by atoms with Crippen molar-refractivity contribution in [2.24, 2.45) is 10.7 Å². The minimum Gasteiger partial charge on any atom is -0.370 e. The van der Waals surface area contributed by atoms with Gasteiger partial charge in [-0.15, -0.1) is 24.0 Å². The number of benzene rings is 2. The molecule has 0 spiro atoms. The zero-order valence-corrected chi connectivity index (χ0v) is 17.6. The van der Waals surface area contributed by atoms with Gasteiger partial charge in [-0.05, 0) is 66.6 Å². The average molecular weight is 476 g/mol. The maximum absolute atomic E-state index is 11.8. The van der Waals surface area contributed by atoms with E-state index < -0.39 is 0 Å². The smallest absolute Gasteiger partial charge is 0.227 e. The second-order valence-electron chi connectivity index (χ2n) is 6.98. The Morgan fingerprint density at radius 2 is 1.81 bits per heavy atom. The van der Waals surface area contributed by atoms with Gasteiger partial charge in [0, 0.05) is 24.3 Å². The van der Waals surface area contributed by atoms with Crippen molar-refractivity contribution in [3.63, 3.8) is 0 Å². The van der Waals surface area contributed by atoms with Gasteiger partial charge in [-0.3, -0.25) is 4.79 Å². The lowest BCUT2D eigenvalue weighted by Crippen LogP contribution is -2.23. The first kappa shape index (κ1) is 19.7. The van der Waals surface area contributed by atoms with Crippen LogP contribution in [0.2, 0.25) is 0 Å². The van der Waals surface area contributed by atoms with Crippen LogP contribution in [0.1, 0.15) is 36.0 Å². The molecule has 2 aromatic rings. The molecule has 0 atom stereocenters. The predicted octanol–water partition coefficient (Wildman–Crippen LogP) is 3.85. The molecule has 1 aliphatic carbocycles. The molecule has 0 aromatic heterocycles. The van der Waals surface area contributed by atoms with Crippen molar-refractivity contribution in [1.29, 1.82) is 0 Å². The highest BCUT2D eigenvalue weighted by atomic mass is 127. The summed E-state index contributed by atoms with van der Waals surface area (Å²) < 4.78 is 0. The van der Waals surface area contributed by atoms with Crippen LogP contribution in [-0.2, 0) is 24.2 Å². The minimum absolute atomic E-state index is 0. The van der Waals surface area contributed by atoms with E-state index in [4.69, 9.17) is 5.73 Å². The fraction of sp³-hybridized carbons (Fsp3) is 0.333. The van der Waals surface area contributed by atoms with Crippen molar-refractivity contribution in [3.8, 4) is 0 Å². The molecule has 2 aliphatic rings. The van der Waals surface area contributed by atoms with E-state index in [-0.39, 0.29) is 29.9 Å². The lowest BCUT2D eigenvalue weighted by molar-refractivity contribution is -0.117. The summed E-state index contributed by atoms with van der Waals surface area (Å²) in [5.74, 6) is 0.625. The number of nitrogens with one attached hydrogen (secondary N) is 1. The van der Waals surface area contributed by atoms with Crippen LogP contribution in [-0.4, -0.2) is 18.4 Å². The lowest BCUT2D eigenvalue weighted by atomic mass is 10.1. The number of carbonyl (C=O) groups is 1. The minimum atomic E-state index is 0. The molecule has 1 fully saturated rings. The fourth-order valence-electron chi connectivity index (χ4n) is 3.72. The topological polar surface area (TPSA) is 70.7 Å². The number of hydrogen-bond donors (Lipinski definition) is 2. The van der Waals surface area contributed by atoms with Crippen LogP contribution in [0, 0.1) is 0 Å². The third-order valence-electron chi connectivity index (χ3n) is 5.12. The van der Waals surface area contributed by atoms with Crippen LogP contribution >= 0.6 is 24.0 Å². The second-order valence-corrected chi connectivity index (χ2v) is 6.98. The van der Waals surface area contributed by atoms with Crippen LogP contribution in [0.5, 0.6) is 0 Å². The van der Waals surface area contributed by atoms with Crippen LogP contribution in [0.25, 0.3) is 0 Å². The highest BCUT2D eigenvalue weighted by Gasteiger charge is 2.21. The first-order chi connectivity index (χ1) is 12.7. The Labute approximate surface area is 177 Å². The van der Waals surface area contributed by atoms with Gasteiger partial charge < -0.3 is 16.0 Å². The summed E-state index contributed by atoms with van der Waals surface area (Å²) in [5, 5.41) is 3.18. The number of anilines is 2. The van der Waals surface area contributed by atoms with E-state index >= 15 is 0 Å². The fourth-order valence-corrected chi connectivity index (χ4v) is 3.72. The van der Waals surface area contributed by atoms with Crippen molar-refractivity contribution in [2.75, 3.05) is 16.8 Å².